The van der Waals surface area contributed by atoms with Crippen molar-refractivity contribution in [3.8, 4) is 0 Å². The molecule has 1 rings (SSSR count). The third-order valence-electron chi connectivity index (χ3n) is 2.38. The molecule has 0 aromatic heterocycles. The lowest BCUT2D eigenvalue weighted by molar-refractivity contribution is 0.317. The van der Waals surface area contributed by atoms with Crippen molar-refractivity contribution in [2.75, 3.05) is 6.61 Å². The van der Waals surface area contributed by atoms with Gasteiger partial charge in [0.2, 0.25) is 0 Å². The molecule has 0 aliphatic heterocycles. The van der Waals surface area contributed by atoms with E-state index in [4.69, 9.17) is 4.74 Å². The van der Waals surface area contributed by atoms with Crippen molar-refractivity contribution in [2.45, 2.75) is 26.7 Å². The van der Waals surface area contributed by atoms with Gasteiger partial charge in [-0.15, -0.1) is 0 Å². The molecule has 0 N–H and O–H groups in total. The highest BCUT2D eigenvalue weighted by molar-refractivity contribution is 5.59. The molecule has 15 heavy (non-hydrogen) atoms. The predicted octanol–water partition coefficient (Wildman–Crippen LogP) is 4.02. The molecule has 0 saturated carbocycles. The van der Waals surface area contributed by atoms with Crippen molar-refractivity contribution in [1.29, 1.82) is 0 Å². The molecule has 0 spiro atoms. The van der Waals surface area contributed by atoms with Gasteiger partial charge in [0, 0.05) is 5.56 Å². The Labute approximate surface area is 92.8 Å². The third kappa shape index (κ3) is 3.12. The smallest absolute Gasteiger partial charge is 0.122 e. The van der Waals surface area contributed by atoms with E-state index < -0.39 is 0 Å². The molecule has 81 valence electrons. The van der Waals surface area contributed by atoms with Crippen LogP contribution < -0.4 is 0 Å². The zero-order valence-electron chi connectivity index (χ0n) is 9.79. The molecule has 1 nitrogen and oxygen atoms in total. The molecule has 1 aromatic rings. The molecule has 0 fully saturated rings. The van der Waals surface area contributed by atoms with Gasteiger partial charge in [-0.3, -0.25) is 0 Å². The zero-order valence-corrected chi connectivity index (χ0v) is 9.79. The Hall–Kier alpha value is -1.24. The van der Waals surface area contributed by atoms with Gasteiger partial charge in [-0.25, -0.2) is 0 Å². The number of hydrogen-bond donors (Lipinski definition) is 0. The Balaban J connectivity index is 2.87. The maximum atomic E-state index is 5.43. The van der Waals surface area contributed by atoms with Crippen molar-refractivity contribution < 1.29 is 4.74 Å². The van der Waals surface area contributed by atoms with E-state index >= 15 is 0 Å². The molecule has 0 aliphatic carbocycles. The van der Waals surface area contributed by atoms with E-state index in [1.165, 1.54) is 5.56 Å². The lowest BCUT2D eigenvalue weighted by Crippen LogP contribution is -1.93. The van der Waals surface area contributed by atoms with Gasteiger partial charge < -0.3 is 4.74 Å². The Bertz CT molecular complexity index is 320. The van der Waals surface area contributed by atoms with Gasteiger partial charge in [0.05, 0.1) is 6.61 Å². The van der Waals surface area contributed by atoms with E-state index in [0.717, 1.165) is 11.3 Å². The maximum absolute atomic E-state index is 5.43. The Morgan fingerprint density at radius 1 is 1.33 bits per heavy atom. The van der Waals surface area contributed by atoms with Gasteiger partial charge >= 0.3 is 0 Å². The Morgan fingerprint density at radius 3 is 2.33 bits per heavy atom. The summed E-state index contributed by atoms with van der Waals surface area (Å²) in [5, 5.41) is 0. The second-order valence-electron chi connectivity index (χ2n) is 3.78. The molecular weight excluding hydrogens is 184 g/mol. The van der Waals surface area contributed by atoms with Gasteiger partial charge in [-0.05, 0) is 31.4 Å². The van der Waals surface area contributed by atoms with Crippen LogP contribution in [0.1, 0.15) is 37.8 Å². The first-order chi connectivity index (χ1) is 7.19. The minimum atomic E-state index is 0.464. The minimum absolute atomic E-state index is 0.464. The highest BCUT2D eigenvalue weighted by atomic mass is 16.5. The van der Waals surface area contributed by atoms with Crippen molar-refractivity contribution in [3.05, 3.63) is 48.4 Å². The summed E-state index contributed by atoms with van der Waals surface area (Å²) in [5.74, 6) is 1.47. The SMILES string of the molecule is [CH2]COC(=CC)c1ccc(C(C)C)cc1. The molecular formula is C14H19O. The monoisotopic (exact) mass is 203 g/mol. The van der Waals surface area contributed by atoms with E-state index in [1.807, 2.05) is 13.0 Å². The summed E-state index contributed by atoms with van der Waals surface area (Å²) < 4.78 is 5.43. The quantitative estimate of drug-likeness (QED) is 0.671. The molecule has 1 aromatic carbocycles. The standard InChI is InChI=1S/C14H19O/c1-5-14(15-6-2)13-9-7-12(8-10-13)11(3)4/h5,7-11H,2,6H2,1,3-4H3. The van der Waals surface area contributed by atoms with Gasteiger partial charge in [0.1, 0.15) is 5.76 Å². The normalized spacial score (nSPS) is 11.9. The van der Waals surface area contributed by atoms with E-state index in [-0.39, 0.29) is 0 Å². The van der Waals surface area contributed by atoms with Crippen LogP contribution in [0, 0.1) is 6.92 Å². The van der Waals surface area contributed by atoms with Crippen molar-refractivity contribution in [3.63, 3.8) is 0 Å². The molecule has 0 bridgehead atoms. The third-order valence-corrected chi connectivity index (χ3v) is 2.38. The number of allylic oxidation sites excluding steroid dienone is 1. The second kappa shape index (κ2) is 5.59. The van der Waals surface area contributed by atoms with E-state index in [2.05, 4.69) is 45.0 Å². The Morgan fingerprint density at radius 2 is 1.93 bits per heavy atom. The lowest BCUT2D eigenvalue weighted by Gasteiger charge is -2.10. The van der Waals surface area contributed by atoms with Crippen LogP contribution in [-0.2, 0) is 4.74 Å². The van der Waals surface area contributed by atoms with Crippen molar-refractivity contribution in [2.24, 2.45) is 0 Å². The Kier molecular flexibility index (Phi) is 4.41. The summed E-state index contributed by atoms with van der Waals surface area (Å²) in [6.07, 6.45) is 1.97. The fourth-order valence-corrected chi connectivity index (χ4v) is 1.48. The summed E-state index contributed by atoms with van der Waals surface area (Å²) in [7, 11) is 0. The first kappa shape index (κ1) is 11.8. The first-order valence-electron chi connectivity index (χ1n) is 5.37. The predicted molar refractivity (Wildman–Crippen MR) is 65.5 cm³/mol. The van der Waals surface area contributed by atoms with E-state index in [0.29, 0.717) is 12.5 Å². The molecule has 1 radical (unpaired) electrons. The summed E-state index contributed by atoms with van der Waals surface area (Å²) in [6.45, 7) is 10.5. The second-order valence-corrected chi connectivity index (χ2v) is 3.78. The summed E-state index contributed by atoms with van der Waals surface area (Å²) in [6, 6.07) is 8.49. The summed E-state index contributed by atoms with van der Waals surface area (Å²) in [5.41, 5.74) is 2.47. The maximum Gasteiger partial charge on any atom is 0.122 e. The van der Waals surface area contributed by atoms with Crippen LogP contribution in [0.2, 0.25) is 0 Å². The minimum Gasteiger partial charge on any atom is -0.493 e. The first-order valence-corrected chi connectivity index (χ1v) is 5.37. The van der Waals surface area contributed by atoms with Crippen LogP contribution in [-0.4, -0.2) is 6.61 Å². The number of hydrogen-bond acceptors (Lipinski definition) is 1. The van der Waals surface area contributed by atoms with Gasteiger partial charge in [-0.2, -0.15) is 0 Å². The molecule has 0 saturated heterocycles. The average molecular weight is 203 g/mol. The molecule has 0 aliphatic rings. The van der Waals surface area contributed by atoms with Crippen LogP contribution in [0.4, 0.5) is 0 Å². The topological polar surface area (TPSA) is 9.23 Å². The van der Waals surface area contributed by atoms with E-state index in [1.54, 1.807) is 0 Å². The van der Waals surface area contributed by atoms with Crippen LogP contribution in [0.25, 0.3) is 5.76 Å². The highest BCUT2D eigenvalue weighted by Gasteiger charge is 2.02. The number of benzene rings is 1. The largest absolute Gasteiger partial charge is 0.493 e. The van der Waals surface area contributed by atoms with Crippen LogP contribution in [0.15, 0.2) is 30.3 Å². The van der Waals surface area contributed by atoms with Crippen LogP contribution in [0.3, 0.4) is 0 Å². The highest BCUT2D eigenvalue weighted by Crippen LogP contribution is 2.20. The molecule has 0 atom stereocenters. The lowest BCUT2D eigenvalue weighted by atomic mass is 10.0. The fraction of sp³-hybridized carbons (Fsp3) is 0.357. The molecule has 0 unspecified atom stereocenters. The van der Waals surface area contributed by atoms with Gasteiger partial charge in [0.25, 0.3) is 0 Å². The molecule has 0 heterocycles. The fourth-order valence-electron chi connectivity index (χ4n) is 1.48. The number of ether oxygens (including phenoxy) is 1. The van der Waals surface area contributed by atoms with Crippen LogP contribution >= 0.6 is 0 Å². The van der Waals surface area contributed by atoms with Gasteiger partial charge in [-0.1, -0.05) is 38.1 Å². The van der Waals surface area contributed by atoms with E-state index in [9.17, 15) is 0 Å². The zero-order chi connectivity index (χ0) is 11.3. The molecule has 0 amide bonds. The number of rotatable bonds is 4. The van der Waals surface area contributed by atoms with Crippen molar-refractivity contribution in [1.82, 2.24) is 0 Å². The summed E-state index contributed by atoms with van der Waals surface area (Å²) in [4.78, 5) is 0. The van der Waals surface area contributed by atoms with Gasteiger partial charge in [0.15, 0.2) is 0 Å². The molecule has 1 heteroatoms. The summed E-state index contributed by atoms with van der Waals surface area (Å²) >= 11 is 0. The average Bonchev–Trinajstić information content (AvgIpc) is 2.26. The van der Waals surface area contributed by atoms with Crippen LogP contribution in [0.5, 0.6) is 0 Å². The van der Waals surface area contributed by atoms with Crippen molar-refractivity contribution >= 4 is 5.76 Å².